The summed E-state index contributed by atoms with van der Waals surface area (Å²) in [7, 11) is -3.25. The van der Waals surface area contributed by atoms with Gasteiger partial charge in [0.1, 0.15) is 0 Å². The molecule has 1 atom stereocenters. The van der Waals surface area contributed by atoms with E-state index in [0.717, 1.165) is 6.42 Å². The van der Waals surface area contributed by atoms with Crippen LogP contribution in [0.1, 0.15) is 22.8 Å². The molecule has 1 aliphatic heterocycles. The summed E-state index contributed by atoms with van der Waals surface area (Å²) in [4.78, 5) is 14.6. The lowest BCUT2D eigenvalue weighted by Gasteiger charge is -2.28. The van der Waals surface area contributed by atoms with Crippen molar-refractivity contribution >= 4 is 21.4 Å². The average molecular weight is 341 g/mol. The Morgan fingerprint density at radius 3 is 2.29 bits per heavy atom. The van der Waals surface area contributed by atoms with E-state index in [0.29, 0.717) is 11.3 Å². The van der Waals surface area contributed by atoms with E-state index < -0.39 is 15.9 Å². The summed E-state index contributed by atoms with van der Waals surface area (Å²) < 4.78 is 23.6. The van der Waals surface area contributed by atoms with E-state index in [2.05, 4.69) is 6.92 Å². The first-order chi connectivity index (χ1) is 11.5. The molecule has 124 valence electrons. The van der Waals surface area contributed by atoms with Crippen molar-refractivity contribution in [3.63, 3.8) is 0 Å². The molecule has 1 unspecified atom stereocenters. The smallest absolute Gasteiger partial charge is 0.258 e. The van der Waals surface area contributed by atoms with Crippen molar-refractivity contribution < 1.29 is 13.2 Å². The molecule has 2 aromatic rings. The van der Waals surface area contributed by atoms with E-state index in [1.807, 2.05) is 30.3 Å². The fourth-order valence-corrected chi connectivity index (χ4v) is 4.06. The van der Waals surface area contributed by atoms with Crippen LogP contribution in [-0.4, -0.2) is 26.1 Å². The lowest BCUT2D eigenvalue weighted by atomic mass is 10.1. The summed E-state index contributed by atoms with van der Waals surface area (Å²) in [5, 5.41) is 1.20. The van der Waals surface area contributed by atoms with Crippen LogP contribution in [0.3, 0.4) is 0 Å². The molecule has 1 amide bonds. The quantitative estimate of drug-likeness (QED) is 0.858. The molecule has 0 spiro atoms. The lowest BCUT2D eigenvalue weighted by molar-refractivity contribution is 0.0983. The Balaban J connectivity index is 2.00. The van der Waals surface area contributed by atoms with E-state index in [9.17, 15) is 13.2 Å². The van der Waals surface area contributed by atoms with Crippen molar-refractivity contribution in [3.8, 4) is 0 Å². The lowest BCUT2D eigenvalue weighted by Crippen LogP contribution is -2.41. The Bertz CT molecular complexity index is 855. The second-order valence-corrected chi connectivity index (χ2v) is 7.72. The van der Waals surface area contributed by atoms with Gasteiger partial charge in [0.15, 0.2) is 9.84 Å². The molecule has 2 aromatic carbocycles. The van der Waals surface area contributed by atoms with Crippen molar-refractivity contribution in [1.29, 1.82) is 0 Å². The first kappa shape index (κ1) is 16.5. The number of hydrogen-bond acceptors (Lipinski definition) is 3. The van der Waals surface area contributed by atoms with Gasteiger partial charge in [-0.3, -0.25) is 4.79 Å². The molecule has 5 heteroatoms. The van der Waals surface area contributed by atoms with Crippen LogP contribution in [0.2, 0.25) is 0 Å². The average Bonchev–Trinajstić information content (AvgIpc) is 2.96. The summed E-state index contributed by atoms with van der Waals surface area (Å²) in [6.45, 7) is 2.06. The molecule has 4 nitrogen and oxygen atoms in total. The largest absolute Gasteiger partial charge is 0.300 e. The van der Waals surface area contributed by atoms with Crippen LogP contribution in [0, 0.1) is 0 Å². The van der Waals surface area contributed by atoms with Crippen LogP contribution in [0.5, 0.6) is 0 Å². The number of amides is 1. The highest BCUT2D eigenvalue weighted by atomic mass is 32.2. The Labute approximate surface area is 142 Å². The number of nitrogens with zero attached hydrogens (tertiary/aromatic N) is 1. The highest BCUT2D eigenvalue weighted by molar-refractivity contribution is 7.94. The maximum atomic E-state index is 13.0. The van der Waals surface area contributed by atoms with Crippen LogP contribution in [0.25, 0.3) is 0 Å². The Hall–Kier alpha value is -2.40. The maximum absolute atomic E-state index is 13.0. The van der Waals surface area contributed by atoms with Crippen LogP contribution in [0.4, 0.5) is 5.69 Å². The van der Waals surface area contributed by atoms with Crippen molar-refractivity contribution in [2.75, 3.05) is 10.7 Å². The predicted octanol–water partition coefficient (Wildman–Crippen LogP) is 3.21. The molecule has 0 N–H and O–H groups in total. The number of sulfone groups is 1. The van der Waals surface area contributed by atoms with E-state index in [-0.39, 0.29) is 11.7 Å². The fourth-order valence-electron chi connectivity index (χ4n) is 2.79. The zero-order chi connectivity index (χ0) is 17.2. The molecule has 0 saturated heterocycles. The summed E-state index contributed by atoms with van der Waals surface area (Å²) in [6.07, 6.45) is 2.49. The van der Waals surface area contributed by atoms with Crippen LogP contribution in [-0.2, 0) is 16.3 Å². The van der Waals surface area contributed by atoms with Gasteiger partial charge in [-0.05, 0) is 42.3 Å². The molecular weight excluding hydrogens is 322 g/mol. The Morgan fingerprint density at radius 1 is 1.08 bits per heavy atom. The molecule has 24 heavy (non-hydrogen) atoms. The predicted molar refractivity (Wildman–Crippen MR) is 95.8 cm³/mol. The van der Waals surface area contributed by atoms with Crippen molar-refractivity contribution in [2.45, 2.75) is 19.4 Å². The Kier molecular flexibility index (Phi) is 4.53. The van der Waals surface area contributed by atoms with Crippen LogP contribution in [0.15, 0.2) is 66.1 Å². The van der Waals surface area contributed by atoms with Crippen molar-refractivity contribution in [3.05, 3.63) is 77.2 Å². The number of carbonyl (C=O) groups is 1. The van der Waals surface area contributed by atoms with Gasteiger partial charge in [-0.1, -0.05) is 37.3 Å². The van der Waals surface area contributed by atoms with Crippen LogP contribution >= 0.6 is 0 Å². The van der Waals surface area contributed by atoms with Gasteiger partial charge in [0.25, 0.3) is 5.91 Å². The third-order valence-corrected chi connectivity index (χ3v) is 5.48. The summed E-state index contributed by atoms with van der Waals surface area (Å²) >= 11 is 0. The SMILES string of the molecule is CCc1ccc(N(C(=O)c2ccccc2)C2C=CS(=O)(=O)C2)cc1. The monoisotopic (exact) mass is 341 g/mol. The van der Waals surface area contributed by atoms with Crippen molar-refractivity contribution in [2.24, 2.45) is 0 Å². The fraction of sp³-hybridized carbons (Fsp3) is 0.211. The minimum Gasteiger partial charge on any atom is -0.300 e. The minimum atomic E-state index is -3.25. The van der Waals surface area contributed by atoms with Gasteiger partial charge in [0, 0.05) is 16.7 Å². The molecule has 0 aromatic heterocycles. The van der Waals surface area contributed by atoms with Gasteiger partial charge < -0.3 is 4.90 Å². The third-order valence-electron chi connectivity index (χ3n) is 4.11. The minimum absolute atomic E-state index is 0.0822. The van der Waals surface area contributed by atoms with E-state index in [1.165, 1.54) is 11.0 Å². The van der Waals surface area contributed by atoms with E-state index in [1.54, 1.807) is 35.2 Å². The molecule has 0 aliphatic carbocycles. The topological polar surface area (TPSA) is 54.5 Å². The number of anilines is 1. The first-order valence-corrected chi connectivity index (χ1v) is 9.60. The van der Waals surface area contributed by atoms with Crippen molar-refractivity contribution in [1.82, 2.24) is 0 Å². The van der Waals surface area contributed by atoms with Gasteiger partial charge in [-0.2, -0.15) is 0 Å². The summed E-state index contributed by atoms with van der Waals surface area (Å²) in [6, 6.07) is 16.1. The first-order valence-electron chi connectivity index (χ1n) is 7.88. The second kappa shape index (κ2) is 6.61. The standard InChI is InChI=1S/C19H19NO3S/c1-2-15-8-10-17(11-9-15)20(18-12-13-24(22,23)14-18)19(21)16-6-4-3-5-7-16/h3-13,18H,2,14H2,1H3. The second-order valence-electron chi connectivity index (χ2n) is 5.79. The summed E-state index contributed by atoms with van der Waals surface area (Å²) in [5.41, 5.74) is 2.41. The van der Waals surface area contributed by atoms with Gasteiger partial charge >= 0.3 is 0 Å². The van der Waals surface area contributed by atoms with Gasteiger partial charge in [0.05, 0.1) is 11.8 Å². The van der Waals surface area contributed by atoms with Gasteiger partial charge in [-0.25, -0.2) is 8.42 Å². The molecular formula is C19H19NO3S. The zero-order valence-corrected chi connectivity index (χ0v) is 14.2. The summed E-state index contributed by atoms with van der Waals surface area (Å²) in [5.74, 6) is -0.284. The molecule has 1 heterocycles. The number of benzene rings is 2. The highest BCUT2D eigenvalue weighted by Gasteiger charge is 2.31. The molecule has 3 rings (SSSR count). The highest BCUT2D eigenvalue weighted by Crippen LogP contribution is 2.25. The van der Waals surface area contributed by atoms with Gasteiger partial charge in [-0.15, -0.1) is 0 Å². The van der Waals surface area contributed by atoms with Gasteiger partial charge in [0.2, 0.25) is 0 Å². The third kappa shape index (κ3) is 3.41. The maximum Gasteiger partial charge on any atom is 0.258 e. The van der Waals surface area contributed by atoms with E-state index >= 15 is 0 Å². The molecule has 0 radical (unpaired) electrons. The van der Waals surface area contributed by atoms with E-state index in [4.69, 9.17) is 0 Å². The number of hydrogen-bond donors (Lipinski definition) is 0. The normalized spacial score (nSPS) is 18.5. The molecule has 1 aliphatic rings. The zero-order valence-electron chi connectivity index (χ0n) is 13.4. The number of aryl methyl sites for hydroxylation is 1. The number of rotatable bonds is 4. The number of carbonyl (C=O) groups excluding carboxylic acids is 1. The molecule has 0 saturated carbocycles. The molecule has 0 bridgehead atoms. The van der Waals surface area contributed by atoms with Crippen LogP contribution < -0.4 is 4.90 Å². The Morgan fingerprint density at radius 2 is 1.75 bits per heavy atom. The molecule has 0 fully saturated rings.